The van der Waals surface area contributed by atoms with Crippen LogP contribution in [0.2, 0.25) is 5.02 Å². The van der Waals surface area contributed by atoms with Crippen molar-refractivity contribution in [3.8, 4) is 0 Å². The molecule has 0 spiro atoms. The summed E-state index contributed by atoms with van der Waals surface area (Å²) in [4.78, 5) is 28.5. The minimum absolute atomic E-state index is 0.101. The molecule has 0 radical (unpaired) electrons. The van der Waals surface area contributed by atoms with Crippen LogP contribution in [0, 0.1) is 6.92 Å². The number of methoxy groups -OCH3 is 1. The van der Waals surface area contributed by atoms with E-state index in [0.29, 0.717) is 17.8 Å². The zero-order chi connectivity index (χ0) is 20.1. The third kappa shape index (κ3) is 4.82. The molecule has 0 atom stereocenters. The van der Waals surface area contributed by atoms with Crippen LogP contribution in [-0.4, -0.2) is 56.6 Å². The Bertz CT molecular complexity index is 864. The number of halogens is 1. The van der Waals surface area contributed by atoms with Crippen LogP contribution in [0.1, 0.15) is 15.9 Å². The Balaban J connectivity index is 1.55. The average molecular weight is 402 g/mol. The maximum Gasteiger partial charge on any atom is 0.337 e. The van der Waals surface area contributed by atoms with Gasteiger partial charge in [-0.25, -0.2) is 4.79 Å². The number of anilines is 2. The van der Waals surface area contributed by atoms with Gasteiger partial charge in [0.1, 0.15) is 0 Å². The molecule has 7 heteroatoms. The second-order valence-corrected chi connectivity index (χ2v) is 7.19. The van der Waals surface area contributed by atoms with Crippen molar-refractivity contribution in [3.63, 3.8) is 0 Å². The highest BCUT2D eigenvalue weighted by atomic mass is 35.5. The summed E-state index contributed by atoms with van der Waals surface area (Å²) < 4.78 is 4.74. The van der Waals surface area contributed by atoms with Gasteiger partial charge in [-0.1, -0.05) is 29.8 Å². The fraction of sp³-hybridized carbons (Fsp3) is 0.333. The standard InChI is InChI=1S/C21H24ClN3O3/c1-15-7-8-16(21(27)28-2)13-18(15)23-20(26)14-24-9-11-25(12-10-24)19-6-4-3-5-17(19)22/h3-8,13H,9-12,14H2,1-2H3,(H,23,26). The van der Waals surface area contributed by atoms with E-state index in [1.165, 1.54) is 7.11 Å². The Labute approximate surface area is 170 Å². The van der Waals surface area contributed by atoms with E-state index < -0.39 is 5.97 Å². The molecule has 1 amide bonds. The number of carbonyl (C=O) groups is 2. The van der Waals surface area contributed by atoms with Crippen LogP contribution in [0.15, 0.2) is 42.5 Å². The first-order valence-electron chi connectivity index (χ1n) is 9.18. The zero-order valence-electron chi connectivity index (χ0n) is 16.1. The zero-order valence-corrected chi connectivity index (χ0v) is 16.8. The predicted octanol–water partition coefficient (Wildman–Crippen LogP) is 3.20. The van der Waals surface area contributed by atoms with Gasteiger partial charge in [0.15, 0.2) is 0 Å². The molecule has 2 aromatic rings. The number of esters is 1. The maximum absolute atomic E-state index is 12.5. The van der Waals surface area contributed by atoms with Gasteiger partial charge in [-0.2, -0.15) is 0 Å². The first kappa shape index (κ1) is 20.2. The van der Waals surface area contributed by atoms with E-state index in [9.17, 15) is 9.59 Å². The second-order valence-electron chi connectivity index (χ2n) is 6.78. The van der Waals surface area contributed by atoms with Crippen LogP contribution in [-0.2, 0) is 9.53 Å². The Morgan fingerprint density at radius 1 is 1.11 bits per heavy atom. The number of nitrogens with zero attached hydrogens (tertiary/aromatic N) is 2. The van der Waals surface area contributed by atoms with Crippen molar-refractivity contribution in [2.24, 2.45) is 0 Å². The van der Waals surface area contributed by atoms with E-state index in [-0.39, 0.29) is 5.91 Å². The summed E-state index contributed by atoms with van der Waals surface area (Å²) in [6.07, 6.45) is 0. The lowest BCUT2D eigenvalue weighted by atomic mass is 10.1. The van der Waals surface area contributed by atoms with Crippen molar-refractivity contribution in [1.82, 2.24) is 4.90 Å². The predicted molar refractivity (Wildman–Crippen MR) is 111 cm³/mol. The SMILES string of the molecule is COC(=O)c1ccc(C)c(NC(=O)CN2CCN(c3ccccc3Cl)CC2)c1. The van der Waals surface area contributed by atoms with E-state index >= 15 is 0 Å². The normalized spacial score (nSPS) is 14.6. The number of hydrogen-bond donors (Lipinski definition) is 1. The van der Waals surface area contributed by atoms with Gasteiger partial charge in [0.05, 0.1) is 29.9 Å². The van der Waals surface area contributed by atoms with Crippen LogP contribution in [0.4, 0.5) is 11.4 Å². The van der Waals surface area contributed by atoms with Crippen molar-refractivity contribution >= 4 is 34.9 Å². The van der Waals surface area contributed by atoms with Gasteiger partial charge >= 0.3 is 5.97 Å². The minimum atomic E-state index is -0.425. The molecule has 2 aromatic carbocycles. The number of aryl methyl sites for hydroxylation is 1. The van der Waals surface area contributed by atoms with Gasteiger partial charge in [-0.05, 0) is 36.8 Å². The number of nitrogens with one attached hydrogen (secondary N) is 1. The number of ether oxygens (including phenoxy) is 1. The molecular weight excluding hydrogens is 378 g/mol. The van der Waals surface area contributed by atoms with Gasteiger partial charge in [0.2, 0.25) is 5.91 Å². The molecule has 0 saturated carbocycles. The summed E-state index contributed by atoms with van der Waals surface area (Å²) in [6, 6.07) is 12.9. The number of amides is 1. The van der Waals surface area contributed by atoms with E-state index in [1.54, 1.807) is 18.2 Å². The van der Waals surface area contributed by atoms with Crippen molar-refractivity contribution in [1.29, 1.82) is 0 Å². The monoisotopic (exact) mass is 401 g/mol. The Hall–Kier alpha value is -2.57. The van der Waals surface area contributed by atoms with Crippen LogP contribution in [0.25, 0.3) is 0 Å². The smallest absolute Gasteiger partial charge is 0.337 e. The van der Waals surface area contributed by atoms with Gasteiger partial charge in [0.25, 0.3) is 0 Å². The fourth-order valence-electron chi connectivity index (χ4n) is 3.25. The average Bonchev–Trinajstić information content (AvgIpc) is 2.70. The summed E-state index contributed by atoms with van der Waals surface area (Å²) in [6.45, 7) is 5.37. The number of carbonyl (C=O) groups excluding carboxylic acids is 2. The number of piperazine rings is 1. The molecule has 0 aromatic heterocycles. The third-order valence-corrected chi connectivity index (χ3v) is 5.19. The molecule has 0 aliphatic carbocycles. The van der Waals surface area contributed by atoms with Gasteiger partial charge < -0.3 is 15.0 Å². The molecule has 28 heavy (non-hydrogen) atoms. The van der Waals surface area contributed by atoms with E-state index in [0.717, 1.165) is 42.5 Å². The first-order valence-corrected chi connectivity index (χ1v) is 9.56. The number of benzene rings is 2. The van der Waals surface area contributed by atoms with Crippen LogP contribution >= 0.6 is 11.6 Å². The summed E-state index contributed by atoms with van der Waals surface area (Å²) in [5.41, 5.74) is 2.97. The largest absolute Gasteiger partial charge is 0.465 e. The lowest BCUT2D eigenvalue weighted by Gasteiger charge is -2.36. The molecule has 3 rings (SSSR count). The second kappa shape index (κ2) is 9.08. The van der Waals surface area contributed by atoms with Crippen molar-refractivity contribution < 1.29 is 14.3 Å². The quantitative estimate of drug-likeness (QED) is 0.779. The molecule has 1 aliphatic rings. The summed E-state index contributed by atoms with van der Waals surface area (Å²) in [5, 5.41) is 3.65. The molecule has 1 saturated heterocycles. The van der Waals surface area contributed by atoms with E-state index in [1.807, 2.05) is 31.2 Å². The first-order chi connectivity index (χ1) is 13.5. The van der Waals surface area contributed by atoms with Crippen LogP contribution < -0.4 is 10.2 Å². The Morgan fingerprint density at radius 2 is 1.82 bits per heavy atom. The summed E-state index contributed by atoms with van der Waals surface area (Å²) in [5.74, 6) is -0.525. The number of rotatable bonds is 5. The Kier molecular flexibility index (Phi) is 6.54. The van der Waals surface area contributed by atoms with Gasteiger partial charge in [0, 0.05) is 31.9 Å². The number of hydrogen-bond acceptors (Lipinski definition) is 5. The molecule has 6 nitrogen and oxygen atoms in total. The molecule has 1 heterocycles. The van der Waals surface area contributed by atoms with Crippen LogP contribution in [0.3, 0.4) is 0 Å². The summed E-state index contributed by atoms with van der Waals surface area (Å²) >= 11 is 6.28. The lowest BCUT2D eigenvalue weighted by molar-refractivity contribution is -0.117. The topological polar surface area (TPSA) is 61.9 Å². The fourth-order valence-corrected chi connectivity index (χ4v) is 3.50. The third-order valence-electron chi connectivity index (χ3n) is 4.87. The minimum Gasteiger partial charge on any atom is -0.465 e. The molecule has 1 N–H and O–H groups in total. The molecule has 1 aliphatic heterocycles. The molecule has 148 valence electrons. The lowest BCUT2D eigenvalue weighted by Crippen LogP contribution is -2.48. The molecular formula is C21H24ClN3O3. The van der Waals surface area contributed by atoms with Gasteiger partial charge in [-0.3, -0.25) is 9.69 Å². The van der Waals surface area contributed by atoms with Crippen molar-refractivity contribution in [2.45, 2.75) is 6.92 Å². The highest BCUT2D eigenvalue weighted by molar-refractivity contribution is 6.33. The molecule has 0 unspecified atom stereocenters. The highest BCUT2D eigenvalue weighted by Crippen LogP contribution is 2.26. The summed E-state index contributed by atoms with van der Waals surface area (Å²) in [7, 11) is 1.34. The van der Waals surface area contributed by atoms with Gasteiger partial charge in [-0.15, -0.1) is 0 Å². The van der Waals surface area contributed by atoms with Crippen molar-refractivity contribution in [2.75, 3.05) is 50.1 Å². The Morgan fingerprint density at radius 3 is 2.50 bits per heavy atom. The number of para-hydroxylation sites is 1. The maximum atomic E-state index is 12.5. The molecule has 0 bridgehead atoms. The van der Waals surface area contributed by atoms with E-state index in [2.05, 4.69) is 15.1 Å². The molecule has 1 fully saturated rings. The van der Waals surface area contributed by atoms with E-state index in [4.69, 9.17) is 16.3 Å². The van der Waals surface area contributed by atoms with Crippen molar-refractivity contribution in [3.05, 3.63) is 58.6 Å². The highest BCUT2D eigenvalue weighted by Gasteiger charge is 2.21. The van der Waals surface area contributed by atoms with Crippen LogP contribution in [0.5, 0.6) is 0 Å².